The van der Waals surface area contributed by atoms with Crippen molar-refractivity contribution in [2.24, 2.45) is 11.8 Å². The largest absolute Gasteiger partial charge is 0.444 e. The van der Waals surface area contributed by atoms with Crippen LogP contribution in [0.25, 0.3) is 0 Å². The molecular weight excluding hydrogens is 354 g/mol. The van der Waals surface area contributed by atoms with Crippen molar-refractivity contribution in [3.63, 3.8) is 0 Å². The van der Waals surface area contributed by atoms with Crippen LogP contribution in [0.15, 0.2) is 24.5 Å². The molecule has 0 atom stereocenters. The minimum Gasteiger partial charge on any atom is -0.444 e. The van der Waals surface area contributed by atoms with Crippen molar-refractivity contribution in [1.29, 1.82) is 0 Å². The fraction of sp³-hybridized carbons (Fsp3) is 0.682. The quantitative estimate of drug-likeness (QED) is 0.720. The molecule has 0 unspecified atom stereocenters. The van der Waals surface area contributed by atoms with E-state index in [-0.39, 0.29) is 17.9 Å². The molecule has 0 radical (unpaired) electrons. The smallest absolute Gasteiger partial charge is 0.410 e. The average molecular weight is 390 g/mol. The minimum absolute atomic E-state index is 0.101. The summed E-state index contributed by atoms with van der Waals surface area (Å²) in [6.07, 6.45) is 8.94. The zero-order chi connectivity index (χ0) is 20.6. The normalized spacial score (nSPS) is 19.7. The summed E-state index contributed by atoms with van der Waals surface area (Å²) >= 11 is 0. The maximum Gasteiger partial charge on any atom is 0.410 e. The highest BCUT2D eigenvalue weighted by Crippen LogP contribution is 2.29. The average Bonchev–Trinajstić information content (AvgIpc) is 2.65. The van der Waals surface area contributed by atoms with Crippen molar-refractivity contribution >= 4 is 12.0 Å². The van der Waals surface area contributed by atoms with Crippen molar-refractivity contribution in [3.8, 4) is 0 Å². The van der Waals surface area contributed by atoms with Gasteiger partial charge in [0, 0.05) is 38.4 Å². The van der Waals surface area contributed by atoms with Gasteiger partial charge in [0.2, 0.25) is 5.91 Å². The van der Waals surface area contributed by atoms with E-state index in [0.717, 1.165) is 38.5 Å². The van der Waals surface area contributed by atoms with Crippen LogP contribution >= 0.6 is 0 Å². The number of ether oxygens (including phenoxy) is 1. The molecule has 1 aliphatic rings. The van der Waals surface area contributed by atoms with Gasteiger partial charge in [-0.15, -0.1) is 0 Å². The molecule has 1 aromatic rings. The lowest BCUT2D eigenvalue weighted by atomic mass is 9.81. The zero-order valence-corrected chi connectivity index (χ0v) is 17.7. The van der Waals surface area contributed by atoms with Gasteiger partial charge in [0.15, 0.2) is 0 Å². The summed E-state index contributed by atoms with van der Waals surface area (Å²) < 4.78 is 5.41. The highest BCUT2D eigenvalue weighted by Gasteiger charge is 2.28. The first-order valence-electron chi connectivity index (χ1n) is 10.4. The third-order valence-corrected chi connectivity index (χ3v) is 5.15. The number of pyridine rings is 1. The van der Waals surface area contributed by atoms with E-state index in [0.29, 0.717) is 19.0 Å². The summed E-state index contributed by atoms with van der Waals surface area (Å²) in [5.74, 6) is 0.714. The van der Waals surface area contributed by atoms with Gasteiger partial charge in [-0.3, -0.25) is 9.78 Å². The first-order valence-corrected chi connectivity index (χ1v) is 10.4. The van der Waals surface area contributed by atoms with Crippen molar-refractivity contribution in [2.45, 2.75) is 64.9 Å². The Labute approximate surface area is 169 Å². The van der Waals surface area contributed by atoms with Gasteiger partial charge in [0.1, 0.15) is 5.60 Å². The van der Waals surface area contributed by atoms with Crippen LogP contribution in [0.2, 0.25) is 0 Å². The molecule has 1 aromatic heterocycles. The molecule has 6 heteroatoms. The van der Waals surface area contributed by atoms with E-state index in [1.165, 1.54) is 5.56 Å². The molecule has 0 bridgehead atoms. The number of aromatic nitrogens is 1. The number of carbonyl (C=O) groups excluding carboxylic acids is 2. The van der Waals surface area contributed by atoms with Crippen LogP contribution in [0, 0.1) is 11.8 Å². The van der Waals surface area contributed by atoms with Gasteiger partial charge in [0.25, 0.3) is 0 Å². The lowest BCUT2D eigenvalue weighted by molar-refractivity contribution is -0.126. The van der Waals surface area contributed by atoms with Crippen molar-refractivity contribution < 1.29 is 14.3 Å². The summed E-state index contributed by atoms with van der Waals surface area (Å²) in [4.78, 5) is 30.2. The molecule has 0 saturated heterocycles. The second-order valence-corrected chi connectivity index (χ2v) is 8.83. The summed E-state index contributed by atoms with van der Waals surface area (Å²) in [7, 11) is 1.79. The fourth-order valence-corrected chi connectivity index (χ4v) is 3.61. The van der Waals surface area contributed by atoms with Crippen molar-refractivity contribution in [1.82, 2.24) is 15.2 Å². The van der Waals surface area contributed by atoms with Crippen LogP contribution in [-0.4, -0.2) is 47.6 Å². The Morgan fingerprint density at radius 1 is 1.18 bits per heavy atom. The van der Waals surface area contributed by atoms with Crippen molar-refractivity contribution in [3.05, 3.63) is 30.1 Å². The minimum atomic E-state index is -0.474. The topological polar surface area (TPSA) is 71.5 Å². The molecule has 6 nitrogen and oxygen atoms in total. The molecule has 156 valence electrons. The first-order chi connectivity index (χ1) is 13.2. The van der Waals surface area contributed by atoms with Gasteiger partial charge in [-0.25, -0.2) is 4.79 Å². The lowest BCUT2D eigenvalue weighted by Gasteiger charge is -2.31. The van der Waals surface area contributed by atoms with Crippen molar-refractivity contribution in [2.75, 3.05) is 20.1 Å². The van der Waals surface area contributed by atoms with E-state index in [1.54, 1.807) is 24.3 Å². The number of carbonyl (C=O) groups is 2. The molecule has 1 saturated carbocycles. The maximum atomic E-state index is 12.4. The maximum absolute atomic E-state index is 12.4. The van der Waals surface area contributed by atoms with E-state index in [1.807, 2.05) is 32.9 Å². The highest BCUT2D eigenvalue weighted by molar-refractivity contribution is 5.78. The molecule has 0 aromatic carbocycles. The molecule has 0 aliphatic heterocycles. The number of amides is 2. The molecule has 1 aliphatic carbocycles. The van der Waals surface area contributed by atoms with E-state index in [4.69, 9.17) is 4.74 Å². The van der Waals surface area contributed by atoms with Crippen LogP contribution in [0.1, 0.15) is 58.4 Å². The van der Waals surface area contributed by atoms with Crippen LogP contribution in [-0.2, 0) is 16.0 Å². The van der Waals surface area contributed by atoms with Crippen LogP contribution in [0.5, 0.6) is 0 Å². The van der Waals surface area contributed by atoms with Crippen LogP contribution in [0.3, 0.4) is 0 Å². The fourth-order valence-electron chi connectivity index (χ4n) is 3.61. The van der Waals surface area contributed by atoms with Crippen LogP contribution < -0.4 is 5.32 Å². The molecule has 1 N–H and O–H groups in total. The summed E-state index contributed by atoms with van der Waals surface area (Å²) in [5, 5.41) is 3.08. The standard InChI is InChI=1S/C22H35N3O3/c1-22(2,3)28-21(27)25(4)16-18-7-9-19(10-8-18)20(26)24-13-5-6-17-11-14-23-15-12-17/h11-12,14-15,18-19H,5-10,13,16H2,1-4H3,(H,24,26)/t18-,19-. The van der Waals surface area contributed by atoms with Gasteiger partial charge in [-0.05, 0) is 82.9 Å². The Bertz CT molecular complexity index is 620. The highest BCUT2D eigenvalue weighted by atomic mass is 16.6. The summed E-state index contributed by atoms with van der Waals surface area (Å²) in [6.45, 7) is 7.02. The molecular formula is C22H35N3O3. The molecule has 0 spiro atoms. The van der Waals surface area contributed by atoms with Gasteiger partial charge in [0.05, 0.1) is 0 Å². The Balaban J connectivity index is 1.63. The summed E-state index contributed by atoms with van der Waals surface area (Å²) in [5.41, 5.74) is 0.775. The van der Waals surface area contributed by atoms with E-state index in [2.05, 4.69) is 10.3 Å². The van der Waals surface area contributed by atoms with Gasteiger partial charge < -0.3 is 15.0 Å². The molecule has 1 heterocycles. The Kier molecular flexibility index (Phi) is 8.27. The SMILES string of the molecule is CN(C[C@H]1CC[C@H](C(=O)NCCCc2ccncc2)CC1)C(=O)OC(C)(C)C. The van der Waals surface area contributed by atoms with Gasteiger partial charge >= 0.3 is 6.09 Å². The molecule has 28 heavy (non-hydrogen) atoms. The summed E-state index contributed by atoms with van der Waals surface area (Å²) in [6, 6.07) is 4.02. The Hall–Kier alpha value is -2.11. The third-order valence-electron chi connectivity index (χ3n) is 5.15. The van der Waals surface area contributed by atoms with Gasteiger partial charge in [-0.2, -0.15) is 0 Å². The predicted octanol–water partition coefficient (Wildman–Crippen LogP) is 3.80. The predicted molar refractivity (Wildman–Crippen MR) is 110 cm³/mol. The molecule has 2 rings (SSSR count). The zero-order valence-electron chi connectivity index (χ0n) is 17.7. The van der Waals surface area contributed by atoms with E-state index >= 15 is 0 Å². The molecule has 2 amide bonds. The number of nitrogens with one attached hydrogen (secondary N) is 1. The number of aryl methyl sites for hydroxylation is 1. The second-order valence-electron chi connectivity index (χ2n) is 8.83. The third kappa shape index (κ3) is 7.87. The lowest BCUT2D eigenvalue weighted by Crippen LogP contribution is -2.39. The number of hydrogen-bond acceptors (Lipinski definition) is 4. The number of rotatable bonds is 7. The van der Waals surface area contributed by atoms with E-state index < -0.39 is 5.60 Å². The molecule has 1 fully saturated rings. The second kappa shape index (κ2) is 10.4. The van der Waals surface area contributed by atoms with Gasteiger partial charge in [-0.1, -0.05) is 0 Å². The van der Waals surface area contributed by atoms with Crippen LogP contribution in [0.4, 0.5) is 4.79 Å². The Morgan fingerprint density at radius 2 is 1.82 bits per heavy atom. The van der Waals surface area contributed by atoms with E-state index in [9.17, 15) is 9.59 Å². The number of nitrogens with zero attached hydrogens (tertiary/aromatic N) is 2. The first kappa shape index (κ1) is 22.2. The monoisotopic (exact) mass is 389 g/mol. The Morgan fingerprint density at radius 3 is 2.43 bits per heavy atom. The number of hydrogen-bond donors (Lipinski definition) is 1.